The van der Waals surface area contributed by atoms with Crippen LogP contribution < -0.4 is 10.8 Å². The molecule has 2 aliphatic heterocycles. The van der Waals surface area contributed by atoms with Crippen molar-refractivity contribution in [3.63, 3.8) is 0 Å². The molecule has 2 aliphatic rings. The summed E-state index contributed by atoms with van der Waals surface area (Å²) in [4.78, 5) is 26.7. The molecule has 0 radical (unpaired) electrons. The van der Waals surface area contributed by atoms with Crippen LogP contribution >= 0.6 is 11.6 Å². The number of nitrogens with zero attached hydrogens (tertiary/aromatic N) is 1. The molecule has 1 N–H and O–H groups in total. The molecule has 1 atom stereocenters. The Hall–Kier alpha value is -1.77. The Bertz CT molecular complexity index is 852. The summed E-state index contributed by atoms with van der Waals surface area (Å²) in [6.45, 7) is 14.3. The highest BCUT2D eigenvalue weighted by atomic mass is 35.5. The number of halogens is 1. The van der Waals surface area contributed by atoms with Gasteiger partial charge in [-0.3, -0.25) is 4.79 Å². The van der Waals surface area contributed by atoms with Gasteiger partial charge in [0, 0.05) is 29.1 Å². The summed E-state index contributed by atoms with van der Waals surface area (Å²) in [5.41, 5.74) is -0.318. The van der Waals surface area contributed by atoms with Gasteiger partial charge >= 0.3 is 13.2 Å². The minimum atomic E-state index is -0.587. The quantitative estimate of drug-likeness (QED) is 0.714. The van der Waals surface area contributed by atoms with Gasteiger partial charge in [-0.25, -0.2) is 4.79 Å². The summed E-state index contributed by atoms with van der Waals surface area (Å²) in [5.74, 6) is -0.129. The molecule has 7 nitrogen and oxygen atoms in total. The Labute approximate surface area is 189 Å². The number of carbonyl (C=O) groups excluding carboxylic acids is 2. The van der Waals surface area contributed by atoms with Crippen molar-refractivity contribution in [2.24, 2.45) is 0 Å². The first-order chi connectivity index (χ1) is 14.2. The second-order valence-corrected chi connectivity index (χ2v) is 10.6. The highest BCUT2D eigenvalue weighted by molar-refractivity contribution is 6.65. The van der Waals surface area contributed by atoms with Crippen LogP contribution in [0.25, 0.3) is 0 Å². The zero-order chi connectivity index (χ0) is 23.2. The van der Waals surface area contributed by atoms with Gasteiger partial charge in [0.25, 0.3) is 5.91 Å². The molecule has 0 saturated carbocycles. The number of alkyl carbamates (subject to hydrolysis) is 1. The van der Waals surface area contributed by atoms with E-state index in [2.05, 4.69) is 5.32 Å². The van der Waals surface area contributed by atoms with Crippen molar-refractivity contribution < 1.29 is 23.6 Å². The molecule has 3 rings (SSSR count). The first-order valence-electron chi connectivity index (χ1n) is 10.6. The number of hydrogen-bond donors (Lipinski definition) is 1. The third-order valence-corrected chi connectivity index (χ3v) is 6.28. The molecule has 0 aromatic heterocycles. The number of rotatable bonds is 3. The molecule has 1 aromatic rings. The molecule has 2 saturated heterocycles. The fourth-order valence-corrected chi connectivity index (χ4v) is 3.81. The van der Waals surface area contributed by atoms with Crippen LogP contribution in [0.5, 0.6) is 0 Å². The lowest BCUT2D eigenvalue weighted by atomic mass is 9.78. The number of hydrogen-bond acceptors (Lipinski definition) is 5. The smallest absolute Gasteiger partial charge is 0.444 e. The van der Waals surface area contributed by atoms with Crippen LogP contribution in [0.1, 0.15) is 65.2 Å². The van der Waals surface area contributed by atoms with Crippen molar-refractivity contribution in [3.8, 4) is 0 Å². The Morgan fingerprint density at radius 1 is 1.19 bits per heavy atom. The van der Waals surface area contributed by atoms with E-state index in [1.165, 1.54) is 0 Å². The second kappa shape index (κ2) is 8.30. The van der Waals surface area contributed by atoms with E-state index < -0.39 is 30.0 Å². The van der Waals surface area contributed by atoms with Crippen molar-refractivity contribution in [3.05, 3.63) is 28.8 Å². The second-order valence-electron chi connectivity index (χ2n) is 10.2. The van der Waals surface area contributed by atoms with Gasteiger partial charge < -0.3 is 24.3 Å². The Balaban J connectivity index is 1.63. The van der Waals surface area contributed by atoms with Crippen molar-refractivity contribution in [2.45, 2.75) is 77.7 Å². The lowest BCUT2D eigenvalue weighted by molar-refractivity contribution is 0.00578. The molecule has 2 fully saturated rings. The maximum Gasteiger partial charge on any atom is 0.496 e. The van der Waals surface area contributed by atoms with E-state index in [-0.39, 0.29) is 11.9 Å². The van der Waals surface area contributed by atoms with Gasteiger partial charge in [0.2, 0.25) is 0 Å². The molecule has 2 heterocycles. The zero-order valence-electron chi connectivity index (χ0n) is 19.4. The van der Waals surface area contributed by atoms with E-state index in [4.69, 9.17) is 25.6 Å². The zero-order valence-corrected chi connectivity index (χ0v) is 20.1. The topological polar surface area (TPSA) is 77.1 Å². The van der Waals surface area contributed by atoms with Crippen molar-refractivity contribution >= 4 is 36.2 Å². The van der Waals surface area contributed by atoms with E-state index in [1.807, 2.05) is 48.5 Å². The van der Waals surface area contributed by atoms with Crippen LogP contribution in [0.15, 0.2) is 18.2 Å². The summed E-state index contributed by atoms with van der Waals surface area (Å²) in [6.07, 6.45) is 0.201. The summed E-state index contributed by atoms with van der Waals surface area (Å²) in [5, 5.41) is 3.25. The SMILES string of the molecule is CC(C)(C)OC(=O)N[C@@H]1CCN(C(=O)c2ccc(B3OC(C)(C)C(C)(C)O3)c(Cl)c2)C1. The molecule has 0 bridgehead atoms. The monoisotopic (exact) mass is 450 g/mol. The van der Waals surface area contributed by atoms with Gasteiger partial charge in [-0.15, -0.1) is 0 Å². The van der Waals surface area contributed by atoms with Crippen LogP contribution in [-0.2, 0) is 14.0 Å². The van der Waals surface area contributed by atoms with Crippen LogP contribution in [0, 0.1) is 0 Å². The molecule has 0 aliphatic carbocycles. The van der Waals surface area contributed by atoms with Crippen LogP contribution in [0.4, 0.5) is 4.79 Å². The Morgan fingerprint density at radius 2 is 1.81 bits per heavy atom. The normalized spacial score (nSPS) is 22.5. The van der Waals surface area contributed by atoms with E-state index in [1.54, 1.807) is 23.1 Å². The third kappa shape index (κ3) is 5.36. The van der Waals surface area contributed by atoms with Crippen LogP contribution in [0.3, 0.4) is 0 Å². The predicted octanol–water partition coefficient (Wildman–Crippen LogP) is 3.38. The van der Waals surface area contributed by atoms with Crippen molar-refractivity contribution in [1.82, 2.24) is 10.2 Å². The minimum Gasteiger partial charge on any atom is -0.444 e. The average Bonchev–Trinajstić information content (AvgIpc) is 3.14. The number of ether oxygens (including phenoxy) is 1. The fraction of sp³-hybridized carbons (Fsp3) is 0.636. The van der Waals surface area contributed by atoms with Crippen LogP contribution in [0.2, 0.25) is 5.02 Å². The Morgan fingerprint density at radius 3 is 2.35 bits per heavy atom. The Kier molecular flexibility index (Phi) is 6.40. The standard InChI is InChI=1S/C22H32BClN2O5/c1-20(2,3)29-19(28)25-15-10-11-26(13-15)18(27)14-8-9-16(17(24)12-14)23-30-21(4,5)22(6,7)31-23/h8-9,12,15H,10-11,13H2,1-7H3,(H,25,28)/t15-/m1/s1. The molecule has 9 heteroatoms. The summed E-state index contributed by atoms with van der Waals surface area (Å²) in [7, 11) is -0.587. The lowest BCUT2D eigenvalue weighted by Gasteiger charge is -2.32. The highest BCUT2D eigenvalue weighted by Crippen LogP contribution is 2.37. The first kappa shape index (κ1) is 23.9. The van der Waals surface area contributed by atoms with E-state index in [9.17, 15) is 9.59 Å². The summed E-state index contributed by atoms with van der Waals surface area (Å²) < 4.78 is 17.4. The van der Waals surface area contributed by atoms with Gasteiger partial charge in [-0.2, -0.15) is 0 Å². The number of carbonyl (C=O) groups is 2. The largest absolute Gasteiger partial charge is 0.496 e. The van der Waals surface area contributed by atoms with E-state index in [0.29, 0.717) is 35.6 Å². The number of likely N-dealkylation sites (tertiary alicyclic amines) is 1. The third-order valence-electron chi connectivity index (χ3n) is 5.95. The fourth-order valence-electron chi connectivity index (χ4n) is 3.54. The maximum absolute atomic E-state index is 13.0. The van der Waals surface area contributed by atoms with Gasteiger partial charge in [0.1, 0.15) is 5.60 Å². The van der Waals surface area contributed by atoms with Crippen molar-refractivity contribution in [1.29, 1.82) is 0 Å². The molecule has 170 valence electrons. The average molecular weight is 451 g/mol. The number of amides is 2. The minimum absolute atomic E-state index is 0.129. The predicted molar refractivity (Wildman–Crippen MR) is 121 cm³/mol. The van der Waals surface area contributed by atoms with Crippen LogP contribution in [-0.4, -0.2) is 60.0 Å². The lowest BCUT2D eigenvalue weighted by Crippen LogP contribution is -2.41. The molecular weight excluding hydrogens is 419 g/mol. The summed E-state index contributed by atoms with van der Waals surface area (Å²) in [6, 6.07) is 5.03. The molecule has 31 heavy (non-hydrogen) atoms. The highest BCUT2D eigenvalue weighted by Gasteiger charge is 2.52. The molecule has 0 spiro atoms. The van der Waals surface area contributed by atoms with Gasteiger partial charge in [-0.05, 0) is 67.0 Å². The maximum atomic E-state index is 13.0. The number of nitrogens with one attached hydrogen (secondary N) is 1. The number of benzene rings is 1. The first-order valence-corrected chi connectivity index (χ1v) is 11.0. The van der Waals surface area contributed by atoms with Crippen molar-refractivity contribution in [2.75, 3.05) is 13.1 Å². The molecule has 2 amide bonds. The van der Waals surface area contributed by atoms with Gasteiger partial charge in [0.05, 0.1) is 17.2 Å². The summed E-state index contributed by atoms with van der Waals surface area (Å²) >= 11 is 6.50. The molecular formula is C22H32BClN2O5. The molecule has 0 unspecified atom stereocenters. The van der Waals surface area contributed by atoms with Gasteiger partial charge in [-0.1, -0.05) is 17.7 Å². The van der Waals surface area contributed by atoms with Gasteiger partial charge in [0.15, 0.2) is 0 Å². The van der Waals surface area contributed by atoms with E-state index >= 15 is 0 Å². The molecule has 1 aromatic carbocycles. The van der Waals surface area contributed by atoms with E-state index in [0.717, 1.165) is 0 Å².